The molecule has 0 unspecified atom stereocenters. The maximum Gasteiger partial charge on any atom is 0.303 e. The van der Waals surface area contributed by atoms with Gasteiger partial charge in [-0.05, 0) is 36.2 Å². The highest BCUT2D eigenvalue weighted by Crippen LogP contribution is 2.35. The monoisotopic (exact) mass is 459 g/mol. The molecule has 4 atom stereocenters. The molecule has 0 aliphatic carbocycles. The number of esters is 3. The number of benzene rings is 1. The third-order valence-corrected chi connectivity index (χ3v) is 5.81. The van der Waals surface area contributed by atoms with Gasteiger partial charge in [0, 0.05) is 44.5 Å². The van der Waals surface area contributed by atoms with E-state index >= 15 is 0 Å². The van der Waals surface area contributed by atoms with E-state index in [1.54, 1.807) is 18.5 Å². The maximum absolute atomic E-state index is 11.8. The predicted octanol–water partition coefficient (Wildman–Crippen LogP) is 3.30. The van der Waals surface area contributed by atoms with Gasteiger partial charge in [-0.15, -0.1) is 11.8 Å². The van der Waals surface area contributed by atoms with E-state index in [1.807, 2.05) is 31.2 Å². The predicted molar refractivity (Wildman–Crippen MR) is 118 cm³/mol. The summed E-state index contributed by atoms with van der Waals surface area (Å²) in [4.78, 5) is 39.3. The highest BCUT2D eigenvalue weighted by molar-refractivity contribution is 7.99. The smallest absolute Gasteiger partial charge is 0.303 e. The van der Waals surface area contributed by atoms with Crippen LogP contribution in [0, 0.1) is 6.92 Å². The number of carbonyl (C=O) groups excluding carboxylic acids is 3. The zero-order valence-electron chi connectivity index (χ0n) is 18.3. The first-order chi connectivity index (χ1) is 15.2. The molecular formula is C23H25NO7S. The van der Waals surface area contributed by atoms with Gasteiger partial charge < -0.3 is 18.9 Å². The lowest BCUT2D eigenvalue weighted by Gasteiger charge is -2.39. The molecule has 0 spiro atoms. The molecule has 1 fully saturated rings. The van der Waals surface area contributed by atoms with Gasteiger partial charge in [-0.2, -0.15) is 0 Å². The van der Waals surface area contributed by atoms with E-state index < -0.39 is 41.7 Å². The summed E-state index contributed by atoms with van der Waals surface area (Å²) in [7, 11) is 0. The third-order valence-electron chi connectivity index (χ3n) is 4.60. The summed E-state index contributed by atoms with van der Waals surface area (Å²) in [5.41, 5.74) is 2.21. The highest BCUT2D eigenvalue weighted by Gasteiger charge is 2.47. The zero-order chi connectivity index (χ0) is 23.3. The molecule has 3 rings (SSSR count). The Morgan fingerprint density at radius 2 is 1.59 bits per heavy atom. The van der Waals surface area contributed by atoms with E-state index in [9.17, 15) is 14.4 Å². The fourth-order valence-corrected chi connectivity index (χ4v) is 4.62. The van der Waals surface area contributed by atoms with Crippen LogP contribution in [0.5, 0.6) is 5.75 Å². The minimum absolute atomic E-state index is 0.307. The SMILES string of the molecule is CC(=O)O[C@@H]1[C@@H](OC(C)=O)[C@H](OC(C)=O)CS[C@H]1Oc1cccc(-c2cncc(C)c2)c1. The van der Waals surface area contributed by atoms with E-state index in [0.717, 1.165) is 16.7 Å². The lowest BCUT2D eigenvalue weighted by atomic mass is 10.1. The molecule has 0 saturated carbocycles. The fraction of sp³-hybridized carbons (Fsp3) is 0.391. The Morgan fingerprint density at radius 3 is 2.25 bits per heavy atom. The number of aromatic nitrogens is 1. The van der Waals surface area contributed by atoms with E-state index in [1.165, 1.54) is 32.5 Å². The quantitative estimate of drug-likeness (QED) is 0.476. The number of thioether (sulfide) groups is 1. The number of pyridine rings is 1. The summed E-state index contributed by atoms with van der Waals surface area (Å²) in [6, 6.07) is 9.47. The van der Waals surface area contributed by atoms with Gasteiger partial charge in [-0.25, -0.2) is 0 Å². The Bertz CT molecular complexity index is 996. The van der Waals surface area contributed by atoms with Gasteiger partial charge in [-0.1, -0.05) is 12.1 Å². The number of aryl methyl sites for hydroxylation is 1. The molecule has 0 N–H and O–H groups in total. The number of hydrogen-bond acceptors (Lipinski definition) is 9. The minimum atomic E-state index is -0.990. The van der Waals surface area contributed by atoms with Gasteiger partial charge >= 0.3 is 17.9 Å². The van der Waals surface area contributed by atoms with Gasteiger partial charge in [0.1, 0.15) is 5.75 Å². The number of rotatable bonds is 6. The van der Waals surface area contributed by atoms with Crippen molar-refractivity contribution < 1.29 is 33.3 Å². The molecule has 32 heavy (non-hydrogen) atoms. The summed E-state index contributed by atoms with van der Waals surface area (Å²) in [6.45, 7) is 5.73. The Hall–Kier alpha value is -3.07. The van der Waals surface area contributed by atoms with Crippen LogP contribution in [0.1, 0.15) is 26.3 Å². The van der Waals surface area contributed by atoms with Crippen LogP contribution < -0.4 is 4.74 Å². The molecule has 2 aromatic rings. The molecule has 1 aliphatic rings. The van der Waals surface area contributed by atoms with Gasteiger partial charge in [0.05, 0.1) is 0 Å². The molecule has 1 aromatic heterocycles. The number of nitrogens with zero attached hydrogens (tertiary/aromatic N) is 1. The van der Waals surface area contributed by atoms with Crippen molar-refractivity contribution in [3.8, 4) is 16.9 Å². The molecule has 170 valence electrons. The maximum atomic E-state index is 11.8. The third kappa shape index (κ3) is 6.23. The first-order valence-electron chi connectivity index (χ1n) is 10.0. The Kier molecular flexibility index (Phi) is 7.74. The number of carbonyl (C=O) groups is 3. The molecular weight excluding hydrogens is 434 g/mol. The highest BCUT2D eigenvalue weighted by atomic mass is 32.2. The normalized spacial score (nSPS) is 22.5. The lowest BCUT2D eigenvalue weighted by molar-refractivity contribution is -0.186. The average Bonchev–Trinajstić information content (AvgIpc) is 2.71. The van der Waals surface area contributed by atoms with Crippen molar-refractivity contribution in [3.63, 3.8) is 0 Å². The van der Waals surface area contributed by atoms with Crippen molar-refractivity contribution in [1.29, 1.82) is 0 Å². The van der Waals surface area contributed by atoms with Crippen molar-refractivity contribution in [3.05, 3.63) is 48.3 Å². The van der Waals surface area contributed by atoms with Crippen molar-refractivity contribution in [1.82, 2.24) is 4.98 Å². The lowest BCUT2D eigenvalue weighted by Crippen LogP contribution is -2.55. The van der Waals surface area contributed by atoms with Crippen molar-refractivity contribution >= 4 is 29.7 Å². The molecule has 8 nitrogen and oxygen atoms in total. The standard InChI is InChI=1S/C23H25NO7S/c1-13-8-18(11-24-10-13)17-6-5-7-19(9-17)31-23-22(30-16(4)27)21(29-15(3)26)20(12-32-23)28-14(2)25/h5-11,20-23H,12H2,1-4H3/t20-,21+,22-,23-/m1/s1. The minimum Gasteiger partial charge on any atom is -0.476 e. The molecule has 1 aromatic carbocycles. The van der Waals surface area contributed by atoms with Crippen LogP contribution in [0.2, 0.25) is 0 Å². The first kappa shape index (κ1) is 23.6. The van der Waals surface area contributed by atoms with Crippen molar-refractivity contribution in [2.24, 2.45) is 0 Å². The molecule has 0 bridgehead atoms. The molecule has 9 heteroatoms. The average molecular weight is 460 g/mol. The largest absolute Gasteiger partial charge is 0.476 e. The molecule has 0 amide bonds. The second kappa shape index (κ2) is 10.5. The Morgan fingerprint density at radius 1 is 0.906 bits per heavy atom. The van der Waals surface area contributed by atoms with E-state index in [2.05, 4.69) is 4.98 Å². The second-order valence-corrected chi connectivity index (χ2v) is 8.53. The van der Waals surface area contributed by atoms with Crippen molar-refractivity contribution in [2.75, 3.05) is 5.75 Å². The zero-order valence-corrected chi connectivity index (χ0v) is 19.1. The van der Waals surface area contributed by atoms with Crippen LogP contribution in [-0.4, -0.2) is 52.4 Å². The molecule has 1 saturated heterocycles. The van der Waals surface area contributed by atoms with Crippen LogP contribution in [0.3, 0.4) is 0 Å². The Balaban J connectivity index is 1.87. The van der Waals surface area contributed by atoms with Crippen LogP contribution in [-0.2, 0) is 28.6 Å². The van der Waals surface area contributed by atoms with Gasteiger partial charge in [0.25, 0.3) is 0 Å². The number of hydrogen-bond donors (Lipinski definition) is 0. The van der Waals surface area contributed by atoms with Crippen LogP contribution in [0.25, 0.3) is 11.1 Å². The van der Waals surface area contributed by atoms with Crippen LogP contribution >= 0.6 is 11.8 Å². The van der Waals surface area contributed by atoms with E-state index in [4.69, 9.17) is 18.9 Å². The summed E-state index contributed by atoms with van der Waals surface area (Å²) in [6.07, 6.45) is 0.819. The summed E-state index contributed by atoms with van der Waals surface area (Å²) in [5.74, 6) is -0.811. The van der Waals surface area contributed by atoms with Crippen LogP contribution in [0.4, 0.5) is 0 Å². The van der Waals surface area contributed by atoms with Gasteiger partial charge in [-0.3, -0.25) is 19.4 Å². The van der Waals surface area contributed by atoms with Gasteiger partial charge in [0.15, 0.2) is 23.7 Å². The second-order valence-electron chi connectivity index (χ2n) is 7.39. The summed E-state index contributed by atoms with van der Waals surface area (Å²) >= 11 is 1.31. The first-order valence-corrected chi connectivity index (χ1v) is 11.1. The Labute approximate surface area is 190 Å². The summed E-state index contributed by atoms with van der Waals surface area (Å²) < 4.78 is 22.3. The summed E-state index contributed by atoms with van der Waals surface area (Å²) in [5, 5.41) is 0. The molecule has 1 aliphatic heterocycles. The molecule has 2 heterocycles. The van der Waals surface area contributed by atoms with Crippen molar-refractivity contribution in [2.45, 2.75) is 51.4 Å². The van der Waals surface area contributed by atoms with E-state index in [-0.39, 0.29) is 0 Å². The number of ether oxygens (including phenoxy) is 4. The molecule has 0 radical (unpaired) electrons. The van der Waals surface area contributed by atoms with E-state index in [0.29, 0.717) is 11.5 Å². The van der Waals surface area contributed by atoms with Gasteiger partial charge in [0.2, 0.25) is 0 Å². The topological polar surface area (TPSA) is 101 Å². The fourth-order valence-electron chi connectivity index (χ4n) is 3.41. The van der Waals surface area contributed by atoms with Crippen LogP contribution in [0.15, 0.2) is 42.7 Å².